The molecule has 0 aromatic heterocycles. The second kappa shape index (κ2) is 15.5. The molecule has 49 heavy (non-hydrogen) atoms. The molecule has 3 fully saturated rings. The molecule has 1 spiro atoms. The number of aliphatic hydroxyl groups is 1. The van der Waals surface area contributed by atoms with E-state index >= 15 is 0 Å². The molecule has 0 radical (unpaired) electrons. The molecule has 2 aromatic rings. The molecule has 10 nitrogen and oxygen atoms in total. The molecule has 10 heteroatoms. The summed E-state index contributed by atoms with van der Waals surface area (Å²) in [6, 6.07) is 16.1. The highest BCUT2D eigenvalue weighted by Crippen LogP contribution is 2.59. The van der Waals surface area contributed by atoms with Crippen LogP contribution in [-0.4, -0.2) is 87.6 Å². The first-order valence-electron chi connectivity index (χ1n) is 17.3. The highest BCUT2D eigenvalue weighted by atomic mass is 16.6. The van der Waals surface area contributed by atoms with E-state index < -0.39 is 59.6 Å². The predicted molar refractivity (Wildman–Crippen MR) is 185 cm³/mol. The number of nitrogens with zero attached hydrogens (tertiary/aromatic N) is 2. The van der Waals surface area contributed by atoms with Crippen LogP contribution in [0.15, 0.2) is 86.0 Å². The van der Waals surface area contributed by atoms with Crippen LogP contribution in [0.3, 0.4) is 0 Å². The number of ether oxygens (including phenoxy) is 2. The Labute approximate surface area is 289 Å². The monoisotopic (exact) mass is 671 g/mol. The Morgan fingerprint density at radius 3 is 2.37 bits per heavy atom. The van der Waals surface area contributed by atoms with Crippen LogP contribution in [0.1, 0.15) is 63.7 Å². The lowest BCUT2D eigenvalue weighted by atomic mass is 9.70. The predicted octanol–water partition coefficient (Wildman–Crippen LogP) is 4.14. The largest absolute Gasteiger partial charge is 0.455 e. The molecular weight excluding hydrogens is 622 g/mol. The van der Waals surface area contributed by atoms with E-state index in [2.05, 4.69) is 18.5 Å². The molecule has 2 N–H and O–H groups in total. The Morgan fingerprint density at radius 1 is 1.08 bits per heavy atom. The van der Waals surface area contributed by atoms with Crippen LogP contribution in [0.25, 0.3) is 0 Å². The van der Waals surface area contributed by atoms with Crippen LogP contribution in [0.2, 0.25) is 0 Å². The number of carbonyl (C=O) groups is 4. The van der Waals surface area contributed by atoms with Crippen LogP contribution < -0.4 is 5.32 Å². The second-order valence-corrected chi connectivity index (χ2v) is 13.7. The summed E-state index contributed by atoms with van der Waals surface area (Å²) < 4.78 is 12.9. The number of nitrogens with one attached hydrogen (secondary N) is 1. The van der Waals surface area contributed by atoms with E-state index in [1.54, 1.807) is 24.0 Å². The van der Waals surface area contributed by atoms with Gasteiger partial charge in [-0.25, -0.2) is 0 Å². The number of fused-ring (bicyclic) bond motifs is 1. The van der Waals surface area contributed by atoms with Gasteiger partial charge < -0.3 is 29.7 Å². The summed E-state index contributed by atoms with van der Waals surface area (Å²) in [5.74, 6) is -3.47. The third kappa shape index (κ3) is 7.07. The van der Waals surface area contributed by atoms with Crippen molar-refractivity contribution in [2.24, 2.45) is 11.8 Å². The number of rotatable bonds is 16. The molecule has 5 rings (SSSR count). The molecule has 3 heterocycles. The van der Waals surface area contributed by atoms with Gasteiger partial charge in [0.15, 0.2) is 0 Å². The lowest BCUT2D eigenvalue weighted by molar-refractivity contribution is -0.162. The zero-order chi connectivity index (χ0) is 35.3. The van der Waals surface area contributed by atoms with Gasteiger partial charge >= 0.3 is 5.97 Å². The van der Waals surface area contributed by atoms with Crippen LogP contribution >= 0.6 is 0 Å². The molecule has 2 aromatic carbocycles. The quantitative estimate of drug-likeness (QED) is 0.203. The number of likely N-dealkylation sites (tertiary alicyclic amines) is 1. The summed E-state index contributed by atoms with van der Waals surface area (Å²) in [5, 5.41) is 13.7. The molecule has 8 atom stereocenters. The average Bonchev–Trinajstić information content (AvgIpc) is 3.75. The van der Waals surface area contributed by atoms with Crippen LogP contribution in [0.4, 0.5) is 0 Å². The fraction of sp³-hybridized carbons (Fsp3) is 0.487. The van der Waals surface area contributed by atoms with Gasteiger partial charge in [0.2, 0.25) is 17.7 Å². The van der Waals surface area contributed by atoms with Gasteiger partial charge in [-0.3, -0.25) is 19.2 Å². The SMILES string of the molecule is C=CCCC(=O)N[C@H](C)[C@@H](OC(=O)[C@@H]1[C@@H]2CC[C@]3(O2)[C@H](C(=O)N(CC=C)C(C)C)N([C@@H](CO)Cc2ccccc2)C(=O)[C@@H]13)c1ccccc1. The van der Waals surface area contributed by atoms with Gasteiger partial charge in [-0.2, -0.15) is 0 Å². The molecule has 3 saturated heterocycles. The number of aliphatic hydroxyl groups excluding tert-OH is 1. The van der Waals surface area contributed by atoms with E-state index in [-0.39, 0.29) is 37.4 Å². The maximum Gasteiger partial charge on any atom is 0.313 e. The number of carbonyl (C=O) groups excluding carboxylic acids is 4. The van der Waals surface area contributed by atoms with Crippen molar-refractivity contribution in [3.63, 3.8) is 0 Å². The summed E-state index contributed by atoms with van der Waals surface area (Å²) in [6.07, 6.45) is 3.81. The van der Waals surface area contributed by atoms with Crippen LogP contribution in [-0.2, 0) is 35.1 Å². The van der Waals surface area contributed by atoms with Gasteiger partial charge in [-0.1, -0.05) is 72.8 Å². The molecule has 3 aliphatic heterocycles. The van der Waals surface area contributed by atoms with Crippen LogP contribution in [0, 0.1) is 11.8 Å². The van der Waals surface area contributed by atoms with Gasteiger partial charge in [-0.05, 0) is 57.6 Å². The zero-order valence-electron chi connectivity index (χ0n) is 28.7. The van der Waals surface area contributed by atoms with E-state index in [1.165, 1.54) is 4.90 Å². The third-order valence-electron chi connectivity index (χ3n) is 10.2. The lowest BCUT2D eigenvalue weighted by Crippen LogP contribution is -2.60. The van der Waals surface area contributed by atoms with E-state index in [0.29, 0.717) is 31.2 Å². The third-order valence-corrected chi connectivity index (χ3v) is 10.2. The summed E-state index contributed by atoms with van der Waals surface area (Å²) in [5.41, 5.74) is 0.324. The summed E-state index contributed by atoms with van der Waals surface area (Å²) >= 11 is 0. The smallest absolute Gasteiger partial charge is 0.313 e. The van der Waals surface area contributed by atoms with Crippen molar-refractivity contribution in [1.29, 1.82) is 0 Å². The van der Waals surface area contributed by atoms with Gasteiger partial charge in [0.25, 0.3) is 0 Å². The van der Waals surface area contributed by atoms with E-state index in [0.717, 1.165) is 5.56 Å². The first-order valence-corrected chi connectivity index (χ1v) is 17.3. The minimum atomic E-state index is -1.27. The molecule has 3 aliphatic rings. The zero-order valence-corrected chi connectivity index (χ0v) is 28.7. The molecule has 0 unspecified atom stereocenters. The van der Waals surface area contributed by atoms with E-state index in [9.17, 15) is 24.3 Å². The Bertz CT molecular complexity index is 1510. The van der Waals surface area contributed by atoms with Crippen LogP contribution in [0.5, 0.6) is 0 Å². The molecule has 0 aliphatic carbocycles. The van der Waals surface area contributed by atoms with E-state index in [4.69, 9.17) is 9.47 Å². The van der Waals surface area contributed by atoms with Crippen molar-refractivity contribution in [2.75, 3.05) is 13.2 Å². The number of esters is 1. The number of hydrogen-bond acceptors (Lipinski definition) is 7. The first kappa shape index (κ1) is 36.0. The van der Waals surface area contributed by atoms with Crippen molar-refractivity contribution in [1.82, 2.24) is 15.1 Å². The maximum atomic E-state index is 14.7. The molecular formula is C39H49N3O7. The molecule has 3 amide bonds. The standard InChI is InChI=1S/C39H49N3O7/c1-6-8-19-31(44)40-26(5)34(28-17-13-10-14-18-28)48-38(47)32-30-20-21-39(49-30)33(32)36(45)42(29(24-43)23-27-15-11-9-12-16-27)35(39)37(46)41(22-7-2)25(3)4/h6-7,9-18,25-26,29-30,32-35,43H,1-2,8,19-24H2,3-5H3,(H,40,44)/t26-,29-,30+,32-,33-,34-,35+,39-/m1/s1. The summed E-state index contributed by atoms with van der Waals surface area (Å²) in [4.78, 5) is 59.5. The highest BCUT2D eigenvalue weighted by molar-refractivity contribution is 5.98. The normalized spacial score (nSPS) is 25.7. The Hall–Kier alpha value is -4.28. The topological polar surface area (TPSA) is 125 Å². The molecule has 0 saturated carbocycles. The Kier molecular flexibility index (Phi) is 11.4. The first-order chi connectivity index (χ1) is 23.6. The average molecular weight is 672 g/mol. The van der Waals surface area contributed by atoms with Crippen molar-refractivity contribution in [3.8, 4) is 0 Å². The fourth-order valence-electron chi connectivity index (χ4n) is 7.96. The number of benzene rings is 2. The van der Waals surface area contributed by atoms with Gasteiger partial charge in [0.1, 0.15) is 17.7 Å². The van der Waals surface area contributed by atoms with Crippen molar-refractivity contribution in [2.45, 2.75) is 94.9 Å². The minimum Gasteiger partial charge on any atom is -0.455 e. The number of allylic oxidation sites excluding steroid dienone is 1. The Morgan fingerprint density at radius 2 is 1.76 bits per heavy atom. The summed E-state index contributed by atoms with van der Waals surface area (Å²) in [7, 11) is 0. The van der Waals surface area contributed by atoms with Crippen molar-refractivity contribution >= 4 is 23.7 Å². The number of hydrogen-bond donors (Lipinski definition) is 2. The second-order valence-electron chi connectivity index (χ2n) is 13.7. The maximum absolute atomic E-state index is 14.7. The molecule has 2 bridgehead atoms. The fourth-order valence-corrected chi connectivity index (χ4v) is 7.96. The van der Waals surface area contributed by atoms with E-state index in [1.807, 2.05) is 74.5 Å². The van der Waals surface area contributed by atoms with Gasteiger partial charge in [-0.15, -0.1) is 13.2 Å². The van der Waals surface area contributed by atoms with Gasteiger partial charge in [0, 0.05) is 19.0 Å². The summed E-state index contributed by atoms with van der Waals surface area (Å²) in [6.45, 7) is 13.0. The Balaban J connectivity index is 1.50. The number of amides is 3. The lowest BCUT2D eigenvalue weighted by Gasteiger charge is -2.40. The highest BCUT2D eigenvalue weighted by Gasteiger charge is 2.75. The molecule has 262 valence electrons. The van der Waals surface area contributed by atoms with Crippen molar-refractivity contribution in [3.05, 3.63) is 97.1 Å². The minimum absolute atomic E-state index is 0.197. The van der Waals surface area contributed by atoms with Gasteiger partial charge in [0.05, 0.1) is 36.6 Å². The van der Waals surface area contributed by atoms with Crippen molar-refractivity contribution < 1.29 is 33.8 Å².